The number of nitrogens with zero attached hydrogens (tertiary/aromatic N) is 1. The number of ether oxygens (including phenoxy) is 2. The highest BCUT2D eigenvalue weighted by Crippen LogP contribution is 2.42. The molecule has 1 aliphatic rings. The van der Waals surface area contributed by atoms with Crippen molar-refractivity contribution in [2.45, 2.75) is 13.1 Å². The van der Waals surface area contributed by atoms with Crippen LogP contribution in [0.3, 0.4) is 0 Å². The Morgan fingerprint density at radius 3 is 2.38 bits per heavy atom. The minimum atomic E-state index is -0.404. The molecule has 1 atom stereocenters. The fourth-order valence-corrected chi connectivity index (χ4v) is 3.90. The Bertz CT molecular complexity index is 1080. The number of carbonyl (C=O) groups is 1. The third-order valence-electron chi connectivity index (χ3n) is 5.10. The first-order chi connectivity index (χ1) is 14.0. The van der Waals surface area contributed by atoms with E-state index >= 15 is 0 Å². The van der Waals surface area contributed by atoms with Crippen LogP contribution in [-0.2, 0) is 0 Å². The maximum Gasteiger partial charge on any atom is 0.260 e. The van der Waals surface area contributed by atoms with E-state index in [4.69, 9.17) is 21.1 Å². The lowest BCUT2D eigenvalue weighted by Crippen LogP contribution is -2.32. The molecule has 0 radical (unpaired) electrons. The fourth-order valence-electron chi connectivity index (χ4n) is 3.66. The van der Waals surface area contributed by atoms with Gasteiger partial charge in [-0.1, -0.05) is 48.0 Å². The van der Waals surface area contributed by atoms with Crippen LogP contribution in [0.2, 0.25) is 5.02 Å². The van der Waals surface area contributed by atoms with Crippen LogP contribution >= 0.6 is 11.6 Å². The van der Waals surface area contributed by atoms with Crippen LogP contribution in [0.1, 0.15) is 27.7 Å². The second-order valence-electron chi connectivity index (χ2n) is 6.78. The molecule has 6 heteroatoms. The number of amides is 1. The summed E-state index contributed by atoms with van der Waals surface area (Å²) in [6.45, 7) is 1.99. The number of aryl methyl sites for hydroxylation is 1. The van der Waals surface area contributed by atoms with Gasteiger partial charge in [0.25, 0.3) is 5.91 Å². The number of rotatable bonds is 5. The lowest BCUT2D eigenvalue weighted by Gasteiger charge is -2.29. The lowest BCUT2D eigenvalue weighted by atomic mass is 10.1. The Morgan fingerprint density at radius 1 is 0.966 bits per heavy atom. The van der Waals surface area contributed by atoms with Gasteiger partial charge in [-0.25, -0.2) is 0 Å². The first-order valence-electron chi connectivity index (χ1n) is 9.21. The third kappa shape index (κ3) is 3.28. The zero-order valence-electron chi connectivity index (χ0n) is 16.4. The molecule has 4 rings (SSSR count). The summed E-state index contributed by atoms with van der Waals surface area (Å²) < 4.78 is 10.8. The van der Waals surface area contributed by atoms with Gasteiger partial charge in [0.2, 0.25) is 0 Å². The van der Waals surface area contributed by atoms with Crippen LogP contribution in [-0.4, -0.2) is 20.1 Å². The Balaban J connectivity index is 1.83. The lowest BCUT2D eigenvalue weighted by molar-refractivity contribution is 0.0992. The number of benzene rings is 3. The van der Waals surface area contributed by atoms with Crippen molar-refractivity contribution in [3.05, 3.63) is 82.4 Å². The maximum absolute atomic E-state index is 13.3. The van der Waals surface area contributed by atoms with Crippen LogP contribution in [0.5, 0.6) is 11.5 Å². The van der Waals surface area contributed by atoms with Crippen LogP contribution in [0, 0.1) is 6.92 Å². The molecule has 1 amide bonds. The average molecular weight is 409 g/mol. The van der Waals surface area contributed by atoms with Crippen molar-refractivity contribution < 1.29 is 14.3 Å². The Morgan fingerprint density at radius 2 is 1.66 bits per heavy atom. The molecule has 1 heterocycles. The minimum Gasteiger partial charge on any atom is -0.495 e. The van der Waals surface area contributed by atoms with Crippen molar-refractivity contribution in [3.8, 4) is 11.5 Å². The van der Waals surface area contributed by atoms with Crippen molar-refractivity contribution >= 4 is 28.9 Å². The Labute approximate surface area is 174 Å². The number of para-hydroxylation sites is 1. The molecule has 0 unspecified atom stereocenters. The molecule has 5 nitrogen and oxygen atoms in total. The third-order valence-corrected chi connectivity index (χ3v) is 5.40. The highest BCUT2D eigenvalue weighted by molar-refractivity contribution is 6.32. The summed E-state index contributed by atoms with van der Waals surface area (Å²) in [5, 5.41) is 3.91. The number of methoxy groups -OCH3 is 2. The second kappa shape index (κ2) is 7.68. The quantitative estimate of drug-likeness (QED) is 0.611. The largest absolute Gasteiger partial charge is 0.495 e. The average Bonchev–Trinajstić information content (AvgIpc) is 3.01. The number of hydrogen-bond donors (Lipinski definition) is 1. The number of anilines is 2. The zero-order valence-corrected chi connectivity index (χ0v) is 17.2. The monoisotopic (exact) mass is 408 g/mol. The molecular formula is C23H21ClN2O3. The van der Waals surface area contributed by atoms with E-state index in [0.717, 1.165) is 16.8 Å². The maximum atomic E-state index is 13.3. The molecule has 0 spiro atoms. The standard InChI is InChI=1S/C23H21ClN2O3/c1-14-8-4-7-11-19(14)26-22(15-9-5-6-10-16(15)23(26)27)25-18-12-17(24)20(28-2)13-21(18)29-3/h4-13,22,25H,1-3H3/t22-/m1/s1. The summed E-state index contributed by atoms with van der Waals surface area (Å²) >= 11 is 6.35. The number of halogens is 1. The number of hydrogen-bond acceptors (Lipinski definition) is 4. The second-order valence-corrected chi connectivity index (χ2v) is 7.19. The number of fused-ring (bicyclic) bond motifs is 1. The first-order valence-corrected chi connectivity index (χ1v) is 9.59. The summed E-state index contributed by atoms with van der Waals surface area (Å²) in [5.41, 5.74) is 4.11. The Hall–Kier alpha value is -3.18. The van der Waals surface area contributed by atoms with Gasteiger partial charge in [-0.05, 0) is 30.7 Å². The Kier molecular flexibility index (Phi) is 5.07. The predicted octanol–water partition coefficient (Wildman–Crippen LogP) is 5.44. The topological polar surface area (TPSA) is 50.8 Å². The van der Waals surface area contributed by atoms with Gasteiger partial charge in [-0.15, -0.1) is 0 Å². The summed E-state index contributed by atoms with van der Waals surface area (Å²) in [6, 6.07) is 18.9. The molecule has 148 valence electrons. The van der Waals surface area contributed by atoms with Crippen LogP contribution < -0.4 is 19.7 Å². The molecule has 0 saturated heterocycles. The molecule has 1 N–H and O–H groups in total. The smallest absolute Gasteiger partial charge is 0.260 e. The van der Waals surface area contributed by atoms with Gasteiger partial charge in [0, 0.05) is 22.9 Å². The summed E-state index contributed by atoms with van der Waals surface area (Å²) in [4.78, 5) is 15.1. The molecule has 0 fully saturated rings. The van der Waals surface area contributed by atoms with Crippen molar-refractivity contribution in [3.63, 3.8) is 0 Å². The van der Waals surface area contributed by atoms with Gasteiger partial charge in [0.15, 0.2) is 0 Å². The molecule has 3 aromatic carbocycles. The SMILES string of the molecule is COc1cc(OC)c(N[C@H]2c3ccccc3C(=O)N2c2ccccc2C)cc1Cl. The molecule has 0 aromatic heterocycles. The van der Waals surface area contributed by atoms with E-state index in [-0.39, 0.29) is 5.91 Å². The summed E-state index contributed by atoms with van der Waals surface area (Å²) in [5.74, 6) is 1.05. The van der Waals surface area contributed by atoms with E-state index in [1.54, 1.807) is 31.3 Å². The molecular weight excluding hydrogens is 388 g/mol. The summed E-state index contributed by atoms with van der Waals surface area (Å²) in [7, 11) is 3.14. The van der Waals surface area contributed by atoms with Gasteiger partial charge in [0.05, 0.1) is 24.9 Å². The van der Waals surface area contributed by atoms with E-state index in [1.807, 2.05) is 55.5 Å². The zero-order chi connectivity index (χ0) is 20.5. The van der Waals surface area contributed by atoms with Gasteiger partial charge in [-0.2, -0.15) is 0 Å². The van der Waals surface area contributed by atoms with Gasteiger partial charge in [0.1, 0.15) is 17.7 Å². The number of carbonyl (C=O) groups excluding carboxylic acids is 1. The molecule has 29 heavy (non-hydrogen) atoms. The van der Waals surface area contributed by atoms with Crippen molar-refractivity contribution in [1.82, 2.24) is 0 Å². The summed E-state index contributed by atoms with van der Waals surface area (Å²) in [6.07, 6.45) is -0.404. The molecule has 1 aliphatic heterocycles. The van der Waals surface area contributed by atoms with Crippen LogP contribution in [0.15, 0.2) is 60.7 Å². The van der Waals surface area contributed by atoms with Crippen molar-refractivity contribution in [1.29, 1.82) is 0 Å². The molecule has 3 aromatic rings. The van der Waals surface area contributed by atoms with E-state index in [2.05, 4.69) is 5.32 Å². The fraction of sp³-hybridized carbons (Fsp3) is 0.174. The van der Waals surface area contributed by atoms with Gasteiger partial charge in [-0.3, -0.25) is 9.69 Å². The highest BCUT2D eigenvalue weighted by Gasteiger charge is 2.38. The van der Waals surface area contributed by atoms with Gasteiger partial charge < -0.3 is 14.8 Å². The van der Waals surface area contributed by atoms with Crippen LogP contribution in [0.25, 0.3) is 0 Å². The number of nitrogens with one attached hydrogen (secondary N) is 1. The highest BCUT2D eigenvalue weighted by atomic mass is 35.5. The minimum absolute atomic E-state index is 0.0500. The predicted molar refractivity (Wildman–Crippen MR) is 115 cm³/mol. The molecule has 0 bridgehead atoms. The molecule has 0 saturated carbocycles. The van der Waals surface area contributed by atoms with Crippen LogP contribution in [0.4, 0.5) is 11.4 Å². The molecule has 0 aliphatic carbocycles. The van der Waals surface area contributed by atoms with Crippen molar-refractivity contribution in [2.24, 2.45) is 0 Å². The van der Waals surface area contributed by atoms with E-state index in [9.17, 15) is 4.79 Å². The van der Waals surface area contributed by atoms with E-state index in [0.29, 0.717) is 27.8 Å². The van der Waals surface area contributed by atoms with Gasteiger partial charge >= 0.3 is 0 Å². The van der Waals surface area contributed by atoms with E-state index < -0.39 is 6.17 Å². The van der Waals surface area contributed by atoms with Crippen molar-refractivity contribution in [2.75, 3.05) is 24.4 Å². The first kappa shape index (κ1) is 19.2. The normalized spacial score (nSPS) is 15.2. The van der Waals surface area contributed by atoms with E-state index in [1.165, 1.54) is 0 Å².